The summed E-state index contributed by atoms with van der Waals surface area (Å²) in [6.07, 6.45) is 4.37. The fourth-order valence-corrected chi connectivity index (χ4v) is 15.0. The molecule has 3 aromatic heterocycles. The lowest BCUT2D eigenvalue weighted by Crippen LogP contribution is -2.61. The van der Waals surface area contributed by atoms with Gasteiger partial charge in [-0.3, -0.25) is 79.2 Å². The van der Waals surface area contributed by atoms with Gasteiger partial charge >= 0.3 is 5.97 Å². The van der Waals surface area contributed by atoms with Crippen molar-refractivity contribution in [3.63, 3.8) is 0 Å². The highest BCUT2D eigenvalue weighted by Gasteiger charge is 2.39. The third-order valence-electron chi connectivity index (χ3n) is 22.3. The molecule has 0 aliphatic heterocycles. The number of rotatable bonds is 54. The number of aromatic nitrogens is 3. The molecular formula is C92H128N28O14. The molecule has 8 aromatic rings. The van der Waals surface area contributed by atoms with Crippen molar-refractivity contribution in [2.24, 2.45) is 40.5 Å². The number of aliphatic carboxylic acids is 1. The van der Waals surface area contributed by atoms with E-state index in [4.69, 9.17) is 50.3 Å². The number of para-hydroxylation sites is 3. The number of carbonyl (C=O) groups is 13. The second-order valence-electron chi connectivity index (χ2n) is 33.8. The molecule has 0 aliphatic carbocycles. The van der Waals surface area contributed by atoms with E-state index in [0.29, 0.717) is 60.5 Å². The van der Waals surface area contributed by atoms with Crippen LogP contribution in [0.3, 0.4) is 0 Å². The zero-order chi connectivity index (χ0) is 97.7. The van der Waals surface area contributed by atoms with Crippen molar-refractivity contribution in [2.45, 2.75) is 210 Å². The highest BCUT2D eigenvalue weighted by Crippen LogP contribution is 2.25. The number of nitrogens with one attached hydrogen (secondary N) is 23. The average molecular weight is 1850 g/mol. The van der Waals surface area contributed by atoms with E-state index in [1.165, 1.54) is 13.8 Å². The van der Waals surface area contributed by atoms with E-state index in [-0.39, 0.29) is 152 Å². The molecule has 42 nitrogen and oxygen atoms in total. The summed E-state index contributed by atoms with van der Waals surface area (Å²) in [6.45, 7) is 10.2. The number of guanidine groups is 4. The van der Waals surface area contributed by atoms with Crippen molar-refractivity contribution < 1.29 is 67.4 Å². The maximum atomic E-state index is 15.8. The van der Waals surface area contributed by atoms with Crippen molar-refractivity contribution in [2.75, 3.05) is 26.2 Å². The second kappa shape index (κ2) is 52.1. The van der Waals surface area contributed by atoms with Gasteiger partial charge < -0.3 is 134 Å². The fourth-order valence-electron chi connectivity index (χ4n) is 15.0. The molecule has 5 aromatic carbocycles. The maximum absolute atomic E-state index is 15.8. The highest BCUT2D eigenvalue weighted by atomic mass is 16.4. The van der Waals surface area contributed by atoms with Crippen LogP contribution in [0.1, 0.15) is 127 Å². The molecule has 0 radical (unpaired) electrons. The largest absolute Gasteiger partial charge is 0.480 e. The first-order valence-corrected chi connectivity index (χ1v) is 44.6. The number of aromatic amines is 3. The van der Waals surface area contributed by atoms with Gasteiger partial charge in [0.05, 0.1) is 6.04 Å². The van der Waals surface area contributed by atoms with E-state index >= 15 is 19.2 Å². The first kappa shape index (κ1) is 104. The zero-order valence-corrected chi connectivity index (χ0v) is 76.0. The lowest BCUT2D eigenvalue weighted by molar-refractivity contribution is -0.142. The monoisotopic (exact) mass is 1850 g/mol. The second-order valence-corrected chi connectivity index (χ2v) is 33.8. The van der Waals surface area contributed by atoms with Crippen LogP contribution in [0, 0.1) is 33.5 Å². The average Bonchev–Trinajstić information content (AvgIpc) is 1.66. The first-order chi connectivity index (χ1) is 63.9. The number of fused-ring (bicyclic) bond motifs is 3. The number of carbonyl (C=O) groups excluding carboxylic acids is 12. The van der Waals surface area contributed by atoms with Crippen molar-refractivity contribution in [1.82, 2.24) is 100 Å². The van der Waals surface area contributed by atoms with Gasteiger partial charge in [-0.15, -0.1) is 0 Å². The summed E-state index contributed by atoms with van der Waals surface area (Å²) >= 11 is 0. The summed E-state index contributed by atoms with van der Waals surface area (Å²) in [6, 6.07) is 20.3. The predicted molar refractivity (Wildman–Crippen MR) is 507 cm³/mol. The van der Waals surface area contributed by atoms with Crippen LogP contribution in [-0.4, -0.2) is 225 Å². The van der Waals surface area contributed by atoms with Gasteiger partial charge in [-0.25, -0.2) is 4.79 Å². The van der Waals surface area contributed by atoms with Crippen LogP contribution in [0.5, 0.6) is 0 Å². The molecule has 8 rings (SSSR count). The van der Waals surface area contributed by atoms with Crippen LogP contribution in [0.25, 0.3) is 32.7 Å². The van der Waals surface area contributed by atoms with Gasteiger partial charge in [0.25, 0.3) is 0 Å². The molecule has 0 aliphatic rings. The zero-order valence-electron chi connectivity index (χ0n) is 76.0. The molecule has 0 fully saturated rings. The molecule has 12 amide bonds. The minimum Gasteiger partial charge on any atom is -0.480 e. The van der Waals surface area contributed by atoms with Gasteiger partial charge in [0.1, 0.15) is 72.5 Å². The number of nitrogens with two attached hydrogens (primary N) is 5. The number of hydrogen-bond donors (Lipinski definition) is 29. The minimum atomic E-state index is -1.58. The Hall–Kier alpha value is -15.1. The van der Waals surface area contributed by atoms with Crippen molar-refractivity contribution in [1.29, 1.82) is 21.6 Å². The summed E-state index contributed by atoms with van der Waals surface area (Å²) in [5.41, 5.74) is 33.0. The third kappa shape index (κ3) is 33.4. The molecule has 0 saturated heterocycles. The Bertz CT molecular complexity index is 5390. The fraction of sp³-hybridized carbons (Fsp3) is 0.424. The summed E-state index contributed by atoms with van der Waals surface area (Å²) in [7, 11) is 0. The van der Waals surface area contributed by atoms with E-state index in [2.05, 4.69) is 100 Å². The van der Waals surface area contributed by atoms with E-state index in [1.807, 2.05) is 6.07 Å². The highest BCUT2D eigenvalue weighted by molar-refractivity contribution is 6.01. The summed E-state index contributed by atoms with van der Waals surface area (Å²) in [5.74, 6) is -13.6. The molecular weight excluding hydrogens is 1720 g/mol. The van der Waals surface area contributed by atoms with Gasteiger partial charge in [-0.1, -0.05) is 143 Å². The molecule has 0 saturated carbocycles. The van der Waals surface area contributed by atoms with Gasteiger partial charge in [0.2, 0.25) is 70.9 Å². The van der Waals surface area contributed by atoms with E-state index in [9.17, 15) is 48.3 Å². The Labute approximate surface area is 775 Å². The number of H-pyrrole nitrogens is 3. The standard InChI is InChI=1S/C92H128N28O14/c1-50(2)41-69(83(128)112-65(33-19-37-102-89(94)95)79(124)114-68(88(133)134)36-22-40-105-92(100)101)117-84(129)71(43-55-25-11-8-12-26-55)115-76(121)52(5)110-82(127)72(44-56-47-106-62-30-16-13-27-59(56)62)119-86(131)74(46-58-49-108-64-32-18-15-29-61(58)64)120-85(130)73(45-57-48-107-63-31-17-14-28-60(57)63)116-77(122)53(6)109-81(126)70(42-54-23-9-7-10-24-54)118-80(125)66(34-20-38-103-90(96)97)111-78(123)67(35-21-39-104-91(98)99)113-87(132)75(93)51(3)4/h7-18,23-32,47-53,65-75,106-108H,19-22,33-46,93H2,1-6H3,(H,109,126)(H,110,127)(H,111,123)(H,112,128)(H,113,132)(H,114,124)(H,115,121)(H,116,122)(H,117,129)(H,118,125)(H,119,131)(H,120,130)(H,133,134)(H4,94,95,102)(H4,96,97,103)(H4,98,99,104)(H4,100,101,105)/t52-,53-,65-,66-,67-,68-,69-,70-,71-,72-,73-,74-,75-/m0/s1. The molecule has 3 heterocycles. The van der Waals surface area contributed by atoms with Crippen molar-refractivity contribution in [3.8, 4) is 0 Å². The Morgan fingerprint density at radius 1 is 0.306 bits per heavy atom. The quantitative estimate of drug-likeness (QED) is 0.0132. The molecule has 134 heavy (non-hydrogen) atoms. The number of hydrogen-bond acceptors (Lipinski definition) is 18. The van der Waals surface area contributed by atoms with Crippen molar-refractivity contribution >= 4 is 133 Å². The summed E-state index contributed by atoms with van der Waals surface area (Å²) in [4.78, 5) is 200. The normalized spacial score (nSPS) is 14.1. The number of carboxylic acid groups (broad SMARTS) is 1. The Morgan fingerprint density at radius 2 is 0.552 bits per heavy atom. The lowest BCUT2D eigenvalue weighted by atomic mass is 9.99. The Kier molecular flexibility index (Phi) is 40.5. The first-order valence-electron chi connectivity index (χ1n) is 44.6. The third-order valence-corrected chi connectivity index (χ3v) is 22.3. The number of carboxylic acids is 1. The van der Waals surface area contributed by atoms with Crippen LogP contribution >= 0.6 is 0 Å². The van der Waals surface area contributed by atoms with E-state index < -0.39 is 155 Å². The van der Waals surface area contributed by atoms with E-state index in [0.717, 1.165) is 0 Å². The summed E-state index contributed by atoms with van der Waals surface area (Å²) in [5, 5.41) is 86.0. The molecule has 0 spiro atoms. The Balaban J connectivity index is 1.07. The molecule has 720 valence electrons. The lowest BCUT2D eigenvalue weighted by Gasteiger charge is -2.28. The maximum Gasteiger partial charge on any atom is 0.326 e. The smallest absolute Gasteiger partial charge is 0.326 e. The SMILES string of the molecule is CC(C)C[C@H](NC(=O)[C@H](Cc1ccccc1)NC(=O)[C@H](C)NC(=O)[C@H](Cc1c[nH]c2ccccc12)NC(=O)[C@H](Cc1c[nH]c2ccccc12)NC(=O)[C@H](Cc1c[nH]c2ccccc12)NC(=O)[C@H](C)NC(=O)[C@H](Cc1ccccc1)NC(=O)[C@H](CCCNC(=N)N)NC(=O)[C@H](CCCNC(=N)N)NC(=O)[C@@H](N)C(C)C)C(=O)N[C@@H](CCCNC(=N)N)C(=O)N[C@@H](CCCNC(=N)N)C(=O)O. The van der Waals surface area contributed by atoms with Gasteiger partial charge in [0.15, 0.2) is 23.8 Å². The molecule has 0 unspecified atom stereocenters. The summed E-state index contributed by atoms with van der Waals surface area (Å²) < 4.78 is 0. The van der Waals surface area contributed by atoms with Crippen molar-refractivity contribution in [3.05, 3.63) is 180 Å². The molecule has 0 bridgehead atoms. The predicted octanol–water partition coefficient (Wildman–Crippen LogP) is -0.332. The van der Waals surface area contributed by atoms with Crippen LogP contribution in [0.4, 0.5) is 0 Å². The Morgan fingerprint density at radius 3 is 0.858 bits per heavy atom. The number of benzene rings is 5. The van der Waals surface area contributed by atoms with Crippen LogP contribution in [0.15, 0.2) is 152 Å². The number of amides is 12. The molecule has 13 atom stereocenters. The van der Waals surface area contributed by atoms with Crippen LogP contribution in [0.2, 0.25) is 0 Å². The molecule has 34 N–H and O–H groups in total. The van der Waals surface area contributed by atoms with E-state index in [1.54, 1.807) is 174 Å². The topological polar surface area (TPSA) is 707 Å². The van der Waals surface area contributed by atoms with Crippen LogP contribution in [-0.2, 0) is 94.4 Å². The minimum absolute atomic E-state index is 0.00388. The van der Waals surface area contributed by atoms with Gasteiger partial charge in [-0.05, 0) is 129 Å². The van der Waals surface area contributed by atoms with Gasteiger partial charge in [0, 0.05) is 110 Å². The van der Waals surface area contributed by atoms with Crippen LogP contribution < -0.4 is 114 Å². The van der Waals surface area contributed by atoms with Gasteiger partial charge in [-0.2, -0.15) is 0 Å². The molecule has 42 heteroatoms.